The highest BCUT2D eigenvalue weighted by Gasteiger charge is 2.09. The first-order valence-electron chi connectivity index (χ1n) is 5.19. The number of nitrogen functional groups attached to an aromatic ring is 1. The van der Waals surface area contributed by atoms with Gasteiger partial charge in [-0.2, -0.15) is 4.98 Å². The van der Waals surface area contributed by atoms with Gasteiger partial charge in [-0.15, -0.1) is 0 Å². The van der Waals surface area contributed by atoms with Crippen molar-refractivity contribution < 1.29 is 14.9 Å². The molecular formula is C9H13N5O4. The summed E-state index contributed by atoms with van der Waals surface area (Å²) in [6.45, 7) is -0.367. The summed E-state index contributed by atoms with van der Waals surface area (Å²) < 4.78 is 6.62. The van der Waals surface area contributed by atoms with E-state index in [1.807, 2.05) is 0 Å². The summed E-state index contributed by atoms with van der Waals surface area (Å²) >= 11 is 0. The van der Waals surface area contributed by atoms with Crippen LogP contribution in [0.1, 0.15) is 0 Å². The van der Waals surface area contributed by atoms with Crippen molar-refractivity contribution in [1.82, 2.24) is 19.5 Å². The number of fused-ring (bicyclic) bond motifs is 1. The first-order chi connectivity index (χ1) is 8.61. The number of ether oxygens (including phenoxy) is 1. The number of nitrogens with two attached hydrogens (primary N) is 1. The van der Waals surface area contributed by atoms with Crippen LogP contribution in [0.5, 0.6) is 0 Å². The van der Waals surface area contributed by atoms with Crippen LogP contribution in [0.3, 0.4) is 0 Å². The number of H-pyrrole nitrogens is 1. The van der Waals surface area contributed by atoms with Crippen LogP contribution >= 0.6 is 0 Å². The summed E-state index contributed by atoms with van der Waals surface area (Å²) in [5.41, 5.74) is 5.47. The predicted molar refractivity (Wildman–Crippen MR) is 61.6 cm³/mol. The molecule has 1 atom stereocenters. The molecule has 0 fully saturated rings. The van der Waals surface area contributed by atoms with Gasteiger partial charge in [0.05, 0.1) is 19.5 Å². The van der Waals surface area contributed by atoms with Gasteiger partial charge >= 0.3 is 0 Å². The summed E-state index contributed by atoms with van der Waals surface area (Å²) in [4.78, 5) is 21.6. The van der Waals surface area contributed by atoms with Crippen LogP contribution in [0.2, 0.25) is 0 Å². The molecule has 2 heterocycles. The number of aliphatic hydroxyl groups is 2. The number of nitrogens with zero attached hydrogens (tertiary/aromatic N) is 3. The molecule has 0 unspecified atom stereocenters. The Bertz CT molecular complexity index is 592. The Kier molecular flexibility index (Phi) is 3.55. The van der Waals surface area contributed by atoms with E-state index in [9.17, 15) is 4.79 Å². The highest BCUT2D eigenvalue weighted by Crippen LogP contribution is 2.06. The molecule has 0 aliphatic carbocycles. The molecule has 2 rings (SSSR count). The van der Waals surface area contributed by atoms with Gasteiger partial charge in [-0.1, -0.05) is 0 Å². The Morgan fingerprint density at radius 3 is 3.11 bits per heavy atom. The third-order valence-corrected chi connectivity index (χ3v) is 2.24. The molecular weight excluding hydrogens is 242 g/mol. The second kappa shape index (κ2) is 5.12. The average molecular weight is 255 g/mol. The number of imidazole rings is 1. The lowest BCUT2D eigenvalue weighted by Gasteiger charge is -2.08. The van der Waals surface area contributed by atoms with E-state index in [4.69, 9.17) is 20.7 Å². The van der Waals surface area contributed by atoms with E-state index >= 15 is 0 Å². The maximum Gasteiger partial charge on any atom is 0.280 e. The Labute approximate surface area is 101 Å². The normalized spacial score (nSPS) is 13.0. The molecule has 0 amide bonds. The van der Waals surface area contributed by atoms with Crippen LogP contribution in [0.4, 0.5) is 5.95 Å². The third-order valence-electron chi connectivity index (χ3n) is 2.24. The monoisotopic (exact) mass is 255 g/mol. The lowest BCUT2D eigenvalue weighted by Crippen LogP contribution is -2.20. The first kappa shape index (κ1) is 12.5. The van der Waals surface area contributed by atoms with Gasteiger partial charge in [0.1, 0.15) is 12.8 Å². The van der Waals surface area contributed by atoms with E-state index in [1.165, 1.54) is 10.9 Å². The summed E-state index contributed by atoms with van der Waals surface area (Å²) in [5, 5.41) is 17.7. The molecule has 9 nitrogen and oxygen atoms in total. The van der Waals surface area contributed by atoms with Crippen LogP contribution in [-0.4, -0.2) is 49.0 Å². The molecule has 0 radical (unpaired) electrons. The molecule has 2 aromatic heterocycles. The molecule has 0 bridgehead atoms. The Hall–Kier alpha value is -1.97. The SMILES string of the molecule is Nc1nc2c(ncn2COC[C@H](O)CO)c(=O)[nH]1. The van der Waals surface area contributed by atoms with Crippen LogP contribution in [0.25, 0.3) is 11.2 Å². The van der Waals surface area contributed by atoms with Crippen molar-refractivity contribution in [2.75, 3.05) is 18.9 Å². The lowest BCUT2D eigenvalue weighted by atomic mass is 10.4. The van der Waals surface area contributed by atoms with E-state index in [0.717, 1.165) is 0 Å². The second-order valence-corrected chi connectivity index (χ2v) is 3.67. The van der Waals surface area contributed by atoms with E-state index in [-0.39, 0.29) is 31.4 Å². The quantitative estimate of drug-likeness (QED) is 0.485. The average Bonchev–Trinajstić information content (AvgIpc) is 2.72. The van der Waals surface area contributed by atoms with Crippen molar-refractivity contribution >= 4 is 17.1 Å². The molecule has 5 N–H and O–H groups in total. The van der Waals surface area contributed by atoms with Crippen LogP contribution < -0.4 is 11.3 Å². The molecule has 0 saturated carbocycles. The minimum atomic E-state index is -0.943. The Morgan fingerprint density at radius 1 is 1.61 bits per heavy atom. The van der Waals surface area contributed by atoms with Gasteiger partial charge in [0.25, 0.3) is 5.56 Å². The van der Waals surface area contributed by atoms with Crippen molar-refractivity contribution in [1.29, 1.82) is 0 Å². The Balaban J connectivity index is 2.17. The Morgan fingerprint density at radius 2 is 2.39 bits per heavy atom. The van der Waals surface area contributed by atoms with E-state index < -0.39 is 11.7 Å². The molecule has 0 saturated heterocycles. The van der Waals surface area contributed by atoms with Gasteiger partial charge in [-0.3, -0.25) is 14.3 Å². The van der Waals surface area contributed by atoms with Crippen LogP contribution in [0, 0.1) is 0 Å². The van der Waals surface area contributed by atoms with Gasteiger partial charge in [0.2, 0.25) is 5.95 Å². The lowest BCUT2D eigenvalue weighted by molar-refractivity contribution is -0.0163. The number of hydrogen-bond acceptors (Lipinski definition) is 7. The first-order valence-corrected chi connectivity index (χ1v) is 5.19. The maximum absolute atomic E-state index is 11.5. The number of rotatable bonds is 5. The van der Waals surface area contributed by atoms with Gasteiger partial charge in [-0.25, -0.2) is 4.98 Å². The minimum absolute atomic E-state index is 0.00959. The molecule has 98 valence electrons. The van der Waals surface area contributed by atoms with Gasteiger partial charge in [0.15, 0.2) is 11.2 Å². The number of anilines is 1. The van der Waals surface area contributed by atoms with E-state index in [2.05, 4.69) is 15.0 Å². The molecule has 18 heavy (non-hydrogen) atoms. The zero-order chi connectivity index (χ0) is 13.1. The fourth-order valence-corrected chi connectivity index (χ4v) is 1.41. The maximum atomic E-state index is 11.5. The van der Waals surface area contributed by atoms with Gasteiger partial charge < -0.3 is 20.7 Å². The topological polar surface area (TPSA) is 139 Å². The third kappa shape index (κ3) is 2.47. The number of aliphatic hydroxyl groups excluding tert-OH is 2. The van der Waals surface area contributed by atoms with Gasteiger partial charge in [-0.05, 0) is 0 Å². The summed E-state index contributed by atoms with van der Waals surface area (Å²) in [6.07, 6.45) is 0.443. The highest BCUT2D eigenvalue weighted by atomic mass is 16.5. The van der Waals surface area contributed by atoms with E-state index in [1.54, 1.807) is 0 Å². The zero-order valence-electron chi connectivity index (χ0n) is 9.41. The zero-order valence-corrected chi connectivity index (χ0v) is 9.41. The molecule has 0 aromatic carbocycles. The number of hydrogen-bond donors (Lipinski definition) is 4. The van der Waals surface area contributed by atoms with Crippen molar-refractivity contribution in [3.63, 3.8) is 0 Å². The number of nitrogens with one attached hydrogen (secondary N) is 1. The molecule has 0 aliphatic rings. The second-order valence-electron chi connectivity index (χ2n) is 3.67. The van der Waals surface area contributed by atoms with E-state index in [0.29, 0.717) is 5.65 Å². The van der Waals surface area contributed by atoms with Crippen molar-refractivity contribution in [3.8, 4) is 0 Å². The fourth-order valence-electron chi connectivity index (χ4n) is 1.41. The molecule has 0 aliphatic heterocycles. The minimum Gasteiger partial charge on any atom is -0.394 e. The largest absolute Gasteiger partial charge is 0.394 e. The predicted octanol–water partition coefficient (Wildman–Crippen LogP) is -1.97. The van der Waals surface area contributed by atoms with Gasteiger partial charge in [0, 0.05) is 0 Å². The molecule has 0 spiro atoms. The number of aromatic nitrogens is 4. The van der Waals surface area contributed by atoms with Crippen LogP contribution in [-0.2, 0) is 11.5 Å². The fraction of sp³-hybridized carbons (Fsp3) is 0.444. The summed E-state index contributed by atoms with van der Waals surface area (Å²) in [6, 6.07) is 0. The van der Waals surface area contributed by atoms with Crippen molar-refractivity contribution in [2.45, 2.75) is 12.8 Å². The highest BCUT2D eigenvalue weighted by molar-refractivity contribution is 5.70. The molecule has 9 heteroatoms. The van der Waals surface area contributed by atoms with Crippen molar-refractivity contribution in [2.24, 2.45) is 0 Å². The van der Waals surface area contributed by atoms with Crippen LogP contribution in [0.15, 0.2) is 11.1 Å². The summed E-state index contributed by atoms with van der Waals surface area (Å²) in [7, 11) is 0. The number of aromatic amines is 1. The smallest absolute Gasteiger partial charge is 0.280 e. The standard InChI is InChI=1S/C9H13N5O4/c10-9-12-7-6(8(17)13-9)11-3-14(7)4-18-2-5(16)1-15/h3,5,15-16H,1-2,4H2,(H3,10,12,13,17)/t5-/m1/s1. The van der Waals surface area contributed by atoms with Crippen molar-refractivity contribution in [3.05, 3.63) is 16.7 Å². The molecule has 2 aromatic rings. The summed E-state index contributed by atoms with van der Waals surface area (Å²) in [5.74, 6) is -0.00959.